The normalized spacial score (nSPS) is 14.0. The Bertz CT molecular complexity index is 455. The predicted octanol–water partition coefficient (Wildman–Crippen LogP) is 1.39. The molecule has 0 saturated heterocycles. The van der Waals surface area contributed by atoms with E-state index in [-0.39, 0.29) is 6.03 Å². The summed E-state index contributed by atoms with van der Waals surface area (Å²) < 4.78 is 0. The molecule has 0 unspecified atom stereocenters. The zero-order valence-corrected chi connectivity index (χ0v) is 9.98. The van der Waals surface area contributed by atoms with Crippen molar-refractivity contribution in [2.75, 3.05) is 6.54 Å². The zero-order valence-electron chi connectivity index (χ0n) is 9.98. The predicted molar refractivity (Wildman–Crippen MR) is 66.7 cm³/mol. The number of carboxylic acids is 1. The van der Waals surface area contributed by atoms with E-state index in [4.69, 9.17) is 5.11 Å². The average Bonchev–Trinajstić information content (AvgIpc) is 3.13. The van der Waals surface area contributed by atoms with Crippen molar-refractivity contribution in [1.82, 2.24) is 10.6 Å². The number of carbonyl (C=O) groups excluding carboxylic acids is 1. The molecule has 5 heteroatoms. The number of carboxylic acid groups (broad SMARTS) is 1. The highest BCUT2D eigenvalue weighted by Gasteiger charge is 2.22. The Balaban J connectivity index is 1.82. The van der Waals surface area contributed by atoms with Gasteiger partial charge in [0.05, 0.1) is 5.56 Å². The van der Waals surface area contributed by atoms with E-state index >= 15 is 0 Å². The molecule has 1 aromatic carbocycles. The summed E-state index contributed by atoms with van der Waals surface area (Å²) in [6.45, 7) is 0.433. The quantitative estimate of drug-likeness (QED) is 0.736. The maximum absolute atomic E-state index is 11.4. The number of rotatable bonds is 5. The Kier molecular flexibility index (Phi) is 3.82. The second-order valence-corrected chi connectivity index (χ2v) is 4.39. The van der Waals surface area contributed by atoms with Crippen molar-refractivity contribution in [1.29, 1.82) is 0 Å². The summed E-state index contributed by atoms with van der Waals surface area (Å²) in [6.07, 6.45) is 2.62. The van der Waals surface area contributed by atoms with E-state index < -0.39 is 5.97 Å². The molecule has 5 nitrogen and oxygen atoms in total. The molecule has 1 fully saturated rings. The molecule has 2 rings (SSSR count). The standard InChI is InChI=1S/C13H16N2O3/c16-12(17)11-4-2-1-3-9(11)7-8-14-13(18)15-10-5-6-10/h1-4,10H,5-8H2,(H,16,17)(H2,14,15,18). The summed E-state index contributed by atoms with van der Waals surface area (Å²) in [4.78, 5) is 22.3. The number of benzene rings is 1. The third-order valence-electron chi connectivity index (χ3n) is 2.84. The molecule has 2 amide bonds. The summed E-state index contributed by atoms with van der Waals surface area (Å²) in [5, 5.41) is 14.5. The van der Waals surface area contributed by atoms with Crippen LogP contribution in [0, 0.1) is 0 Å². The van der Waals surface area contributed by atoms with E-state index in [2.05, 4.69) is 10.6 Å². The number of amides is 2. The number of hydrogen-bond donors (Lipinski definition) is 3. The lowest BCUT2D eigenvalue weighted by molar-refractivity contribution is 0.0695. The zero-order chi connectivity index (χ0) is 13.0. The van der Waals surface area contributed by atoms with Crippen molar-refractivity contribution >= 4 is 12.0 Å². The van der Waals surface area contributed by atoms with Gasteiger partial charge in [-0.3, -0.25) is 0 Å². The maximum Gasteiger partial charge on any atom is 0.335 e. The molecule has 0 heterocycles. The first kappa shape index (κ1) is 12.4. The SMILES string of the molecule is O=C(NCCc1ccccc1C(=O)O)NC1CC1. The largest absolute Gasteiger partial charge is 0.478 e. The topological polar surface area (TPSA) is 78.4 Å². The third kappa shape index (κ3) is 3.48. The van der Waals surface area contributed by atoms with Crippen LogP contribution in [-0.2, 0) is 6.42 Å². The van der Waals surface area contributed by atoms with E-state index in [0.717, 1.165) is 18.4 Å². The summed E-state index contributed by atoms with van der Waals surface area (Å²) in [6, 6.07) is 6.99. The van der Waals surface area contributed by atoms with Crippen LogP contribution in [-0.4, -0.2) is 29.7 Å². The molecule has 3 N–H and O–H groups in total. The number of aromatic carboxylic acids is 1. The molecule has 96 valence electrons. The minimum absolute atomic E-state index is 0.176. The van der Waals surface area contributed by atoms with Gasteiger partial charge >= 0.3 is 12.0 Å². The maximum atomic E-state index is 11.4. The Morgan fingerprint density at radius 2 is 2.00 bits per heavy atom. The fourth-order valence-corrected chi connectivity index (χ4v) is 1.72. The van der Waals surface area contributed by atoms with Crippen molar-refractivity contribution in [3.8, 4) is 0 Å². The van der Waals surface area contributed by atoms with E-state index in [1.54, 1.807) is 24.3 Å². The Morgan fingerprint density at radius 3 is 2.67 bits per heavy atom. The molecule has 0 spiro atoms. The average molecular weight is 248 g/mol. The summed E-state index contributed by atoms with van der Waals surface area (Å²) in [5.41, 5.74) is 1.03. The molecule has 1 aliphatic rings. The number of hydrogen-bond acceptors (Lipinski definition) is 2. The van der Waals surface area contributed by atoms with Crippen LogP contribution in [0.1, 0.15) is 28.8 Å². The van der Waals surface area contributed by atoms with Crippen molar-refractivity contribution in [2.45, 2.75) is 25.3 Å². The highest BCUT2D eigenvalue weighted by atomic mass is 16.4. The van der Waals surface area contributed by atoms with Crippen molar-refractivity contribution in [3.63, 3.8) is 0 Å². The number of urea groups is 1. The number of carbonyl (C=O) groups is 2. The van der Waals surface area contributed by atoms with Gasteiger partial charge in [0.2, 0.25) is 0 Å². The van der Waals surface area contributed by atoms with Crippen molar-refractivity contribution in [3.05, 3.63) is 35.4 Å². The molecular weight excluding hydrogens is 232 g/mol. The summed E-state index contributed by atoms with van der Waals surface area (Å²) >= 11 is 0. The van der Waals surface area contributed by atoms with Gasteiger partial charge in [0.1, 0.15) is 0 Å². The van der Waals surface area contributed by atoms with Crippen LogP contribution in [0.2, 0.25) is 0 Å². The third-order valence-corrected chi connectivity index (χ3v) is 2.84. The lowest BCUT2D eigenvalue weighted by atomic mass is 10.0. The van der Waals surface area contributed by atoms with Gasteiger partial charge in [-0.25, -0.2) is 9.59 Å². The summed E-state index contributed by atoms with van der Waals surface area (Å²) in [5.74, 6) is -0.937. The van der Waals surface area contributed by atoms with Gasteiger partial charge < -0.3 is 15.7 Å². The molecule has 1 saturated carbocycles. The molecule has 0 aliphatic heterocycles. The van der Waals surface area contributed by atoms with Gasteiger partial charge in [0.25, 0.3) is 0 Å². The van der Waals surface area contributed by atoms with Crippen molar-refractivity contribution < 1.29 is 14.7 Å². The lowest BCUT2D eigenvalue weighted by Gasteiger charge is -2.08. The van der Waals surface area contributed by atoms with Crippen molar-refractivity contribution in [2.24, 2.45) is 0 Å². The van der Waals surface area contributed by atoms with Gasteiger partial charge in [-0.1, -0.05) is 18.2 Å². The molecule has 1 aliphatic carbocycles. The minimum atomic E-state index is -0.937. The second kappa shape index (κ2) is 5.53. The first-order valence-electron chi connectivity index (χ1n) is 6.02. The highest BCUT2D eigenvalue weighted by molar-refractivity contribution is 5.89. The molecule has 1 aromatic rings. The Labute approximate surface area is 105 Å². The van der Waals surface area contributed by atoms with Gasteiger partial charge in [-0.05, 0) is 30.9 Å². The molecule has 0 atom stereocenters. The summed E-state index contributed by atoms with van der Waals surface area (Å²) in [7, 11) is 0. The molecule has 0 aromatic heterocycles. The first-order chi connectivity index (χ1) is 8.66. The van der Waals surface area contributed by atoms with E-state index in [0.29, 0.717) is 24.6 Å². The Hall–Kier alpha value is -2.04. The first-order valence-corrected chi connectivity index (χ1v) is 6.02. The molecular formula is C13H16N2O3. The van der Waals surface area contributed by atoms with Crippen LogP contribution in [0.3, 0.4) is 0 Å². The lowest BCUT2D eigenvalue weighted by Crippen LogP contribution is -2.37. The van der Waals surface area contributed by atoms with E-state index in [1.165, 1.54) is 0 Å². The number of nitrogens with one attached hydrogen (secondary N) is 2. The van der Waals surface area contributed by atoms with Crippen LogP contribution in [0.5, 0.6) is 0 Å². The molecule has 0 radical (unpaired) electrons. The van der Waals surface area contributed by atoms with Gasteiger partial charge in [-0.2, -0.15) is 0 Å². The highest BCUT2D eigenvalue weighted by Crippen LogP contribution is 2.18. The fraction of sp³-hybridized carbons (Fsp3) is 0.385. The van der Waals surface area contributed by atoms with Gasteiger partial charge in [0, 0.05) is 12.6 Å². The van der Waals surface area contributed by atoms with Crippen LogP contribution in [0.15, 0.2) is 24.3 Å². The monoisotopic (exact) mass is 248 g/mol. The fourth-order valence-electron chi connectivity index (χ4n) is 1.72. The minimum Gasteiger partial charge on any atom is -0.478 e. The van der Waals surface area contributed by atoms with Crippen LogP contribution >= 0.6 is 0 Å². The van der Waals surface area contributed by atoms with Gasteiger partial charge in [0.15, 0.2) is 0 Å². The second-order valence-electron chi connectivity index (χ2n) is 4.39. The van der Waals surface area contributed by atoms with Crippen LogP contribution in [0.25, 0.3) is 0 Å². The van der Waals surface area contributed by atoms with Crippen LogP contribution in [0.4, 0.5) is 4.79 Å². The Morgan fingerprint density at radius 1 is 1.28 bits per heavy atom. The molecule has 18 heavy (non-hydrogen) atoms. The van der Waals surface area contributed by atoms with E-state index in [9.17, 15) is 9.59 Å². The van der Waals surface area contributed by atoms with Crippen LogP contribution < -0.4 is 10.6 Å². The molecule has 0 bridgehead atoms. The van der Waals surface area contributed by atoms with Gasteiger partial charge in [-0.15, -0.1) is 0 Å². The van der Waals surface area contributed by atoms with E-state index in [1.807, 2.05) is 0 Å². The smallest absolute Gasteiger partial charge is 0.335 e.